The van der Waals surface area contributed by atoms with Crippen LogP contribution in [0.5, 0.6) is 0 Å². The molecule has 3 rings (SSSR count). The second-order valence-electron chi connectivity index (χ2n) is 6.42. The first-order valence-corrected chi connectivity index (χ1v) is 8.40. The van der Waals surface area contributed by atoms with Crippen molar-refractivity contribution in [1.29, 1.82) is 0 Å². The SMILES string of the molecule is Cc1ccc(-c2nc(CN3CCNCC3(C)C)cs2)cc1. The lowest BCUT2D eigenvalue weighted by Gasteiger charge is -2.42. The largest absolute Gasteiger partial charge is 0.314 e. The Balaban J connectivity index is 1.74. The highest BCUT2D eigenvalue weighted by molar-refractivity contribution is 7.13. The molecule has 0 spiro atoms. The Morgan fingerprint density at radius 1 is 1.29 bits per heavy atom. The molecule has 112 valence electrons. The Hall–Kier alpha value is -1.23. The van der Waals surface area contributed by atoms with Crippen LogP contribution in [0.15, 0.2) is 29.6 Å². The zero-order valence-electron chi connectivity index (χ0n) is 13.0. The first-order valence-electron chi connectivity index (χ1n) is 7.52. The van der Waals surface area contributed by atoms with Gasteiger partial charge in [0.05, 0.1) is 5.69 Å². The molecule has 1 aliphatic rings. The Kier molecular flexibility index (Phi) is 4.11. The quantitative estimate of drug-likeness (QED) is 0.943. The second-order valence-corrected chi connectivity index (χ2v) is 7.28. The number of aromatic nitrogens is 1. The fourth-order valence-corrected chi connectivity index (χ4v) is 3.54. The summed E-state index contributed by atoms with van der Waals surface area (Å²) in [4.78, 5) is 7.35. The lowest BCUT2D eigenvalue weighted by molar-refractivity contribution is 0.0816. The molecule has 3 nitrogen and oxygen atoms in total. The maximum absolute atomic E-state index is 4.83. The molecule has 0 radical (unpaired) electrons. The van der Waals surface area contributed by atoms with Gasteiger partial charge in [-0.2, -0.15) is 0 Å². The van der Waals surface area contributed by atoms with Crippen LogP contribution in [-0.2, 0) is 6.54 Å². The molecule has 1 saturated heterocycles. The molecule has 0 atom stereocenters. The molecule has 1 aliphatic heterocycles. The minimum atomic E-state index is 0.200. The average Bonchev–Trinajstić information content (AvgIpc) is 2.90. The summed E-state index contributed by atoms with van der Waals surface area (Å²) in [6.45, 7) is 10.9. The van der Waals surface area contributed by atoms with Crippen LogP contribution < -0.4 is 5.32 Å². The number of thiazole rings is 1. The van der Waals surface area contributed by atoms with E-state index in [4.69, 9.17) is 4.98 Å². The molecule has 1 fully saturated rings. The van der Waals surface area contributed by atoms with Crippen molar-refractivity contribution in [2.75, 3.05) is 19.6 Å². The van der Waals surface area contributed by atoms with Gasteiger partial charge in [-0.25, -0.2) is 4.98 Å². The highest BCUT2D eigenvalue weighted by Gasteiger charge is 2.29. The predicted molar refractivity (Wildman–Crippen MR) is 89.6 cm³/mol. The molecule has 0 unspecified atom stereocenters. The summed E-state index contributed by atoms with van der Waals surface area (Å²) >= 11 is 1.74. The highest BCUT2D eigenvalue weighted by Crippen LogP contribution is 2.26. The van der Waals surface area contributed by atoms with Crippen molar-refractivity contribution in [2.45, 2.75) is 32.9 Å². The predicted octanol–water partition coefficient (Wildman–Crippen LogP) is 3.30. The topological polar surface area (TPSA) is 28.2 Å². The van der Waals surface area contributed by atoms with Gasteiger partial charge in [-0.3, -0.25) is 4.90 Å². The molecule has 0 aliphatic carbocycles. The summed E-state index contributed by atoms with van der Waals surface area (Å²) in [5, 5.41) is 6.79. The molecule has 0 bridgehead atoms. The molecule has 4 heteroatoms. The fraction of sp³-hybridized carbons (Fsp3) is 0.471. The van der Waals surface area contributed by atoms with Crippen LogP contribution >= 0.6 is 11.3 Å². The third-order valence-electron chi connectivity index (χ3n) is 4.18. The van der Waals surface area contributed by atoms with E-state index in [1.54, 1.807) is 11.3 Å². The lowest BCUT2D eigenvalue weighted by atomic mass is 10.00. The molecule has 2 heterocycles. The number of hydrogen-bond donors (Lipinski definition) is 1. The van der Waals surface area contributed by atoms with Crippen molar-refractivity contribution in [3.8, 4) is 10.6 Å². The third kappa shape index (κ3) is 3.34. The van der Waals surface area contributed by atoms with Crippen LogP contribution in [0.2, 0.25) is 0 Å². The number of nitrogens with zero attached hydrogens (tertiary/aromatic N) is 2. The minimum absolute atomic E-state index is 0.200. The van der Waals surface area contributed by atoms with Crippen LogP contribution in [-0.4, -0.2) is 35.1 Å². The third-order valence-corrected chi connectivity index (χ3v) is 5.12. The van der Waals surface area contributed by atoms with Crippen molar-refractivity contribution >= 4 is 11.3 Å². The van der Waals surface area contributed by atoms with E-state index in [9.17, 15) is 0 Å². The van der Waals surface area contributed by atoms with E-state index in [1.807, 2.05) is 0 Å². The smallest absolute Gasteiger partial charge is 0.123 e. The Bertz CT molecular complexity index is 601. The van der Waals surface area contributed by atoms with Crippen molar-refractivity contribution in [2.24, 2.45) is 0 Å². The van der Waals surface area contributed by atoms with Gasteiger partial charge >= 0.3 is 0 Å². The summed E-state index contributed by atoms with van der Waals surface area (Å²) in [6.07, 6.45) is 0. The minimum Gasteiger partial charge on any atom is -0.314 e. The molecular weight excluding hydrogens is 278 g/mol. The highest BCUT2D eigenvalue weighted by atomic mass is 32.1. The number of piperazine rings is 1. The first kappa shape index (κ1) is 14.7. The maximum atomic E-state index is 4.83. The van der Waals surface area contributed by atoms with Crippen LogP contribution in [0.4, 0.5) is 0 Å². The van der Waals surface area contributed by atoms with Crippen LogP contribution in [0.3, 0.4) is 0 Å². The zero-order chi connectivity index (χ0) is 14.9. The number of hydrogen-bond acceptors (Lipinski definition) is 4. The number of benzene rings is 1. The van der Waals surface area contributed by atoms with E-state index < -0.39 is 0 Å². The number of aryl methyl sites for hydroxylation is 1. The summed E-state index contributed by atoms with van der Waals surface area (Å²) < 4.78 is 0. The first-order chi connectivity index (χ1) is 10.0. The summed E-state index contributed by atoms with van der Waals surface area (Å²) in [5.74, 6) is 0. The molecule has 0 saturated carbocycles. The summed E-state index contributed by atoms with van der Waals surface area (Å²) in [5.41, 5.74) is 3.89. The Morgan fingerprint density at radius 2 is 2.05 bits per heavy atom. The maximum Gasteiger partial charge on any atom is 0.123 e. The van der Waals surface area contributed by atoms with Gasteiger partial charge in [-0.1, -0.05) is 29.8 Å². The van der Waals surface area contributed by atoms with Crippen LogP contribution in [0.25, 0.3) is 10.6 Å². The van der Waals surface area contributed by atoms with Gasteiger partial charge in [0.25, 0.3) is 0 Å². The molecule has 1 aromatic carbocycles. The molecule has 1 N–H and O–H groups in total. The van der Waals surface area contributed by atoms with E-state index in [2.05, 4.69) is 60.6 Å². The molecule has 0 amide bonds. The molecule has 21 heavy (non-hydrogen) atoms. The zero-order valence-corrected chi connectivity index (χ0v) is 13.8. The van der Waals surface area contributed by atoms with Gasteiger partial charge < -0.3 is 5.32 Å². The summed E-state index contributed by atoms with van der Waals surface area (Å²) in [6, 6.07) is 8.62. The number of rotatable bonds is 3. The monoisotopic (exact) mass is 301 g/mol. The van der Waals surface area contributed by atoms with Gasteiger partial charge in [0, 0.05) is 42.7 Å². The van der Waals surface area contributed by atoms with E-state index in [0.29, 0.717) is 0 Å². The van der Waals surface area contributed by atoms with Crippen LogP contribution in [0.1, 0.15) is 25.1 Å². The molecular formula is C17H23N3S. The van der Waals surface area contributed by atoms with E-state index >= 15 is 0 Å². The summed E-state index contributed by atoms with van der Waals surface area (Å²) in [7, 11) is 0. The number of nitrogens with one attached hydrogen (secondary N) is 1. The standard InChI is InChI=1S/C17H23N3S/c1-13-4-6-14(7-5-13)16-19-15(11-21-16)10-20-9-8-18-12-17(20,2)3/h4-7,11,18H,8-10,12H2,1-3H3. The normalized spacial score (nSPS) is 18.8. The van der Waals surface area contributed by atoms with Crippen molar-refractivity contribution in [1.82, 2.24) is 15.2 Å². The van der Waals surface area contributed by atoms with Crippen molar-refractivity contribution in [3.63, 3.8) is 0 Å². The van der Waals surface area contributed by atoms with Gasteiger partial charge in [-0.15, -0.1) is 11.3 Å². The van der Waals surface area contributed by atoms with E-state index in [0.717, 1.165) is 31.2 Å². The molecule has 1 aromatic heterocycles. The Morgan fingerprint density at radius 3 is 2.76 bits per heavy atom. The van der Waals surface area contributed by atoms with Gasteiger partial charge in [0.2, 0.25) is 0 Å². The van der Waals surface area contributed by atoms with E-state index in [-0.39, 0.29) is 5.54 Å². The van der Waals surface area contributed by atoms with Crippen LogP contribution in [0, 0.1) is 6.92 Å². The molecule has 2 aromatic rings. The lowest BCUT2D eigenvalue weighted by Crippen LogP contribution is -2.57. The van der Waals surface area contributed by atoms with Gasteiger partial charge in [0.1, 0.15) is 5.01 Å². The average molecular weight is 301 g/mol. The second kappa shape index (κ2) is 5.87. The van der Waals surface area contributed by atoms with Crippen molar-refractivity contribution < 1.29 is 0 Å². The van der Waals surface area contributed by atoms with E-state index in [1.165, 1.54) is 16.8 Å². The van der Waals surface area contributed by atoms with Gasteiger partial charge in [0.15, 0.2) is 0 Å². The Labute approximate surface area is 131 Å². The van der Waals surface area contributed by atoms with Crippen molar-refractivity contribution in [3.05, 3.63) is 40.9 Å². The fourth-order valence-electron chi connectivity index (χ4n) is 2.72. The van der Waals surface area contributed by atoms with Gasteiger partial charge in [-0.05, 0) is 20.8 Å².